The van der Waals surface area contributed by atoms with E-state index in [4.69, 9.17) is 30.2 Å². The molecule has 32 heavy (non-hydrogen) atoms. The zero-order valence-corrected chi connectivity index (χ0v) is 18.7. The maximum absolute atomic E-state index is 12.6. The van der Waals surface area contributed by atoms with Crippen molar-refractivity contribution in [1.29, 1.82) is 0 Å². The first-order valence-electron chi connectivity index (χ1n) is 9.45. The van der Waals surface area contributed by atoms with E-state index in [1.165, 1.54) is 18.4 Å². The second-order valence-corrected chi connectivity index (χ2v) is 8.06. The lowest BCUT2D eigenvalue weighted by Crippen LogP contribution is -2.10. The van der Waals surface area contributed by atoms with Crippen molar-refractivity contribution in [3.8, 4) is 11.5 Å². The normalized spacial score (nSPS) is 10.7. The average Bonchev–Trinajstić information content (AvgIpc) is 3.42. The molecule has 4 aromatic rings. The predicted molar refractivity (Wildman–Crippen MR) is 122 cm³/mol. The highest BCUT2D eigenvalue weighted by Gasteiger charge is 2.18. The molecule has 0 aliphatic heterocycles. The number of fused-ring (bicyclic) bond motifs is 1. The van der Waals surface area contributed by atoms with E-state index in [0.717, 1.165) is 10.4 Å². The van der Waals surface area contributed by atoms with Crippen molar-refractivity contribution in [3.05, 3.63) is 76.0 Å². The molecular formula is C23H18ClNO6S. The number of carbonyl (C=O) groups excluding carboxylic acids is 2. The maximum atomic E-state index is 12.6. The molecule has 0 aliphatic carbocycles. The lowest BCUT2D eigenvalue weighted by molar-refractivity contribution is 0.0606. The Hall–Kier alpha value is -3.49. The summed E-state index contributed by atoms with van der Waals surface area (Å²) in [6.45, 7) is 0.176. The molecule has 0 spiro atoms. The zero-order valence-electron chi connectivity index (χ0n) is 17.1. The van der Waals surface area contributed by atoms with E-state index in [-0.39, 0.29) is 12.4 Å². The third-order valence-corrected chi connectivity index (χ3v) is 6.22. The fourth-order valence-corrected chi connectivity index (χ4v) is 4.43. The van der Waals surface area contributed by atoms with Gasteiger partial charge >= 0.3 is 5.97 Å². The van der Waals surface area contributed by atoms with Crippen molar-refractivity contribution in [2.45, 2.75) is 6.61 Å². The van der Waals surface area contributed by atoms with Crippen LogP contribution in [0.2, 0.25) is 5.02 Å². The SMILES string of the molecule is COC(=O)c1sc2cc(NC(=O)c3ccc(COc4ccc(OC)cc4)o3)ccc2c1Cl. The number of rotatable bonds is 7. The lowest BCUT2D eigenvalue weighted by Gasteiger charge is -2.05. The number of nitrogens with one attached hydrogen (secondary N) is 1. The summed E-state index contributed by atoms with van der Waals surface area (Å²) in [5.74, 6) is 1.14. The minimum atomic E-state index is -0.498. The van der Waals surface area contributed by atoms with Gasteiger partial charge in [0.05, 0.1) is 19.2 Å². The molecule has 2 aromatic heterocycles. The minimum Gasteiger partial charge on any atom is -0.497 e. The van der Waals surface area contributed by atoms with E-state index in [0.29, 0.717) is 32.5 Å². The first kappa shape index (κ1) is 21.7. The number of ether oxygens (including phenoxy) is 3. The smallest absolute Gasteiger partial charge is 0.349 e. The van der Waals surface area contributed by atoms with Crippen molar-refractivity contribution >= 4 is 50.6 Å². The number of furan rings is 1. The lowest BCUT2D eigenvalue weighted by atomic mass is 10.2. The van der Waals surface area contributed by atoms with Crippen LogP contribution in [0.4, 0.5) is 5.69 Å². The third kappa shape index (κ3) is 4.56. The summed E-state index contributed by atoms with van der Waals surface area (Å²) in [7, 11) is 2.90. The van der Waals surface area contributed by atoms with Crippen LogP contribution >= 0.6 is 22.9 Å². The van der Waals surface area contributed by atoms with E-state index in [2.05, 4.69) is 5.32 Å². The number of halogens is 1. The largest absolute Gasteiger partial charge is 0.497 e. The molecule has 0 saturated carbocycles. The number of esters is 1. The van der Waals surface area contributed by atoms with Crippen molar-refractivity contribution in [3.63, 3.8) is 0 Å². The van der Waals surface area contributed by atoms with E-state index in [1.54, 1.807) is 61.7 Å². The fraction of sp³-hybridized carbons (Fsp3) is 0.130. The van der Waals surface area contributed by atoms with Gasteiger partial charge in [-0.2, -0.15) is 0 Å². The van der Waals surface area contributed by atoms with Crippen LogP contribution in [0, 0.1) is 0 Å². The van der Waals surface area contributed by atoms with Crippen molar-refractivity contribution in [1.82, 2.24) is 0 Å². The topological polar surface area (TPSA) is 87.0 Å². The zero-order chi connectivity index (χ0) is 22.7. The Kier molecular flexibility index (Phi) is 6.34. The van der Waals surface area contributed by atoms with Crippen LogP contribution in [-0.2, 0) is 11.3 Å². The molecule has 0 bridgehead atoms. The standard InChI is InChI=1S/C23H18ClNO6S/c1-28-14-4-6-15(7-5-14)30-12-16-8-10-18(31-16)22(26)25-13-3-9-17-19(11-13)32-21(20(17)24)23(27)29-2/h3-11H,12H2,1-2H3,(H,25,26). The molecule has 4 rings (SSSR count). The maximum Gasteiger partial charge on any atom is 0.349 e. The van der Waals surface area contributed by atoms with Gasteiger partial charge in [-0.3, -0.25) is 4.79 Å². The number of thiophene rings is 1. The molecule has 9 heteroatoms. The average molecular weight is 472 g/mol. The van der Waals surface area contributed by atoms with Crippen LogP contribution in [0.25, 0.3) is 10.1 Å². The van der Waals surface area contributed by atoms with Gasteiger partial charge in [-0.05, 0) is 54.6 Å². The number of methoxy groups -OCH3 is 2. The van der Waals surface area contributed by atoms with Gasteiger partial charge in [0.25, 0.3) is 5.91 Å². The van der Waals surface area contributed by atoms with Crippen LogP contribution in [0.1, 0.15) is 26.0 Å². The summed E-state index contributed by atoms with van der Waals surface area (Å²) < 4.78 is 21.9. The van der Waals surface area contributed by atoms with Gasteiger partial charge in [0.1, 0.15) is 28.7 Å². The third-order valence-electron chi connectivity index (χ3n) is 4.58. The highest BCUT2D eigenvalue weighted by Crippen LogP contribution is 2.37. The summed E-state index contributed by atoms with van der Waals surface area (Å²) in [6, 6.07) is 15.6. The number of anilines is 1. The van der Waals surface area contributed by atoms with E-state index < -0.39 is 11.9 Å². The van der Waals surface area contributed by atoms with Crippen LogP contribution in [0.5, 0.6) is 11.5 Å². The molecule has 2 heterocycles. The van der Waals surface area contributed by atoms with E-state index >= 15 is 0 Å². The predicted octanol–water partition coefficient (Wildman–Crippen LogP) is 5.77. The van der Waals surface area contributed by atoms with Gasteiger partial charge in [0.15, 0.2) is 5.76 Å². The number of amides is 1. The molecular weight excluding hydrogens is 454 g/mol. The summed E-state index contributed by atoms with van der Waals surface area (Å²) in [5, 5.41) is 3.83. The highest BCUT2D eigenvalue weighted by molar-refractivity contribution is 7.21. The molecule has 2 aromatic carbocycles. The molecule has 0 aliphatic rings. The van der Waals surface area contributed by atoms with Crippen LogP contribution in [0.3, 0.4) is 0 Å². The molecule has 164 valence electrons. The molecule has 1 amide bonds. The summed E-state index contributed by atoms with van der Waals surface area (Å²) in [6.07, 6.45) is 0. The summed E-state index contributed by atoms with van der Waals surface area (Å²) >= 11 is 7.46. The quantitative estimate of drug-likeness (QED) is 0.344. The Morgan fingerprint density at radius 2 is 1.78 bits per heavy atom. The van der Waals surface area contributed by atoms with Crippen LogP contribution < -0.4 is 14.8 Å². The Morgan fingerprint density at radius 3 is 2.50 bits per heavy atom. The molecule has 0 fully saturated rings. The minimum absolute atomic E-state index is 0.151. The van der Waals surface area contributed by atoms with Gasteiger partial charge in [-0.1, -0.05) is 11.6 Å². The van der Waals surface area contributed by atoms with Gasteiger partial charge in [-0.25, -0.2) is 4.79 Å². The van der Waals surface area contributed by atoms with E-state index in [1.807, 2.05) is 0 Å². The molecule has 0 saturated heterocycles. The molecule has 0 unspecified atom stereocenters. The summed E-state index contributed by atoms with van der Waals surface area (Å²) in [4.78, 5) is 24.7. The molecule has 7 nitrogen and oxygen atoms in total. The van der Waals surface area contributed by atoms with Crippen molar-refractivity contribution in [2.24, 2.45) is 0 Å². The van der Waals surface area contributed by atoms with Gasteiger partial charge in [0.2, 0.25) is 0 Å². The number of carbonyl (C=O) groups is 2. The fourth-order valence-electron chi connectivity index (χ4n) is 2.96. The van der Waals surface area contributed by atoms with Crippen LogP contribution in [0.15, 0.2) is 59.0 Å². The van der Waals surface area contributed by atoms with E-state index in [9.17, 15) is 9.59 Å². The van der Waals surface area contributed by atoms with Gasteiger partial charge in [-0.15, -0.1) is 11.3 Å². The molecule has 0 radical (unpaired) electrons. The van der Waals surface area contributed by atoms with Crippen LogP contribution in [-0.4, -0.2) is 26.1 Å². The monoisotopic (exact) mass is 471 g/mol. The number of hydrogen-bond acceptors (Lipinski definition) is 7. The molecule has 0 atom stereocenters. The molecule has 1 N–H and O–H groups in total. The Labute approximate surface area is 192 Å². The number of benzene rings is 2. The second kappa shape index (κ2) is 9.33. The summed E-state index contributed by atoms with van der Waals surface area (Å²) in [5.41, 5.74) is 0.546. The first-order valence-corrected chi connectivity index (χ1v) is 10.6. The highest BCUT2D eigenvalue weighted by atomic mass is 35.5. The second-order valence-electron chi connectivity index (χ2n) is 6.63. The Balaban J connectivity index is 1.42. The van der Waals surface area contributed by atoms with Crippen molar-refractivity contribution in [2.75, 3.05) is 19.5 Å². The first-order chi connectivity index (χ1) is 15.5. The number of hydrogen-bond donors (Lipinski definition) is 1. The Bertz CT molecular complexity index is 1280. The van der Waals surface area contributed by atoms with Gasteiger partial charge in [0, 0.05) is 15.8 Å². The Morgan fingerprint density at radius 1 is 1.03 bits per heavy atom. The van der Waals surface area contributed by atoms with Gasteiger partial charge < -0.3 is 23.9 Å². The van der Waals surface area contributed by atoms with Crippen molar-refractivity contribution < 1.29 is 28.2 Å².